The lowest BCUT2D eigenvalue weighted by Gasteiger charge is -2.44. The highest BCUT2D eigenvalue weighted by atomic mass is 16.6. The van der Waals surface area contributed by atoms with Gasteiger partial charge in [0.25, 0.3) is 0 Å². The molecule has 5 fully saturated rings. The number of carbonyl (C=O) groups excluding carboxylic acids is 1. The van der Waals surface area contributed by atoms with Crippen LogP contribution in [0.1, 0.15) is 57.2 Å². The Morgan fingerprint density at radius 1 is 1.10 bits per heavy atom. The van der Waals surface area contributed by atoms with E-state index in [2.05, 4.69) is 25.3 Å². The van der Waals surface area contributed by atoms with Gasteiger partial charge in [-0.1, -0.05) is 5.16 Å². The number of carbonyl (C=O) groups is 1. The normalized spacial score (nSPS) is 36.9. The van der Waals surface area contributed by atoms with E-state index < -0.39 is 0 Å². The van der Waals surface area contributed by atoms with Gasteiger partial charge in [0.2, 0.25) is 0 Å². The van der Waals surface area contributed by atoms with Crippen LogP contribution in [-0.4, -0.2) is 64.5 Å². The molecule has 4 heterocycles. The summed E-state index contributed by atoms with van der Waals surface area (Å²) in [5.74, 6) is 2.07. The number of hydrogen-bond donors (Lipinski definition) is 1. The number of likely N-dealkylation sites (tertiary alicyclic amines) is 1. The minimum atomic E-state index is -0.258. The molecular weight excluding hydrogens is 370 g/mol. The molecule has 29 heavy (non-hydrogen) atoms. The summed E-state index contributed by atoms with van der Waals surface area (Å²) in [6.45, 7) is 4.99. The van der Waals surface area contributed by atoms with Crippen LogP contribution >= 0.6 is 0 Å². The van der Waals surface area contributed by atoms with E-state index in [4.69, 9.17) is 9.26 Å². The zero-order valence-corrected chi connectivity index (χ0v) is 17.2. The van der Waals surface area contributed by atoms with E-state index in [1.807, 2.05) is 6.92 Å². The van der Waals surface area contributed by atoms with E-state index >= 15 is 0 Å². The molecule has 3 saturated heterocycles. The Bertz CT molecular complexity index is 785. The highest BCUT2D eigenvalue weighted by Crippen LogP contribution is 2.46. The van der Waals surface area contributed by atoms with Crippen LogP contribution in [0.3, 0.4) is 0 Å². The number of nitrogens with one attached hydrogen (secondary N) is 1. The smallest absolute Gasteiger partial charge is 0.408 e. The molecule has 3 aliphatic heterocycles. The second kappa shape index (κ2) is 6.59. The lowest BCUT2D eigenvalue weighted by Crippen LogP contribution is -2.55. The summed E-state index contributed by atoms with van der Waals surface area (Å²) in [5.41, 5.74) is -0.258. The van der Waals surface area contributed by atoms with Gasteiger partial charge in [-0.05, 0) is 57.3 Å². The van der Waals surface area contributed by atoms with Gasteiger partial charge < -0.3 is 24.4 Å². The van der Waals surface area contributed by atoms with Gasteiger partial charge >= 0.3 is 12.1 Å². The van der Waals surface area contributed by atoms with E-state index in [0.717, 1.165) is 44.8 Å². The van der Waals surface area contributed by atoms with E-state index in [-0.39, 0.29) is 17.7 Å². The molecule has 8 heteroatoms. The molecule has 2 aliphatic carbocycles. The molecule has 2 saturated carbocycles. The molecule has 4 atom stereocenters. The van der Waals surface area contributed by atoms with Crippen molar-refractivity contribution in [2.45, 2.75) is 82.0 Å². The Balaban J connectivity index is 1.13. The molecule has 0 radical (unpaired) electrons. The Morgan fingerprint density at radius 2 is 1.93 bits per heavy atom. The van der Waals surface area contributed by atoms with Crippen LogP contribution in [0.4, 0.5) is 10.8 Å². The van der Waals surface area contributed by atoms with Crippen LogP contribution in [0.5, 0.6) is 0 Å². The number of alkyl carbamates (subject to hydrolysis) is 1. The fourth-order valence-electron chi connectivity index (χ4n) is 6.47. The standard InChI is InChI=1S/C21H31N5O3/c1-13-22-19(29-24-13)26-12-14-2-5-16(11-17(26)10-14)25-8-6-21(7-9-25)18(15-3-4-15)23-20(27)28-21/h14-18H,2-12H2,1H3,(H,23,27). The molecule has 1 spiro atoms. The van der Waals surface area contributed by atoms with E-state index in [9.17, 15) is 4.79 Å². The Labute approximate surface area is 171 Å². The first-order chi connectivity index (χ1) is 14.1. The quantitative estimate of drug-likeness (QED) is 0.833. The van der Waals surface area contributed by atoms with Crippen LogP contribution in [0, 0.1) is 18.8 Å². The summed E-state index contributed by atoms with van der Waals surface area (Å²) in [7, 11) is 0. The fourth-order valence-corrected chi connectivity index (χ4v) is 6.47. The van der Waals surface area contributed by atoms with Gasteiger partial charge in [-0.15, -0.1) is 0 Å². The first kappa shape index (κ1) is 18.0. The third-order valence-electron chi connectivity index (χ3n) is 8.11. The number of amides is 1. The summed E-state index contributed by atoms with van der Waals surface area (Å²) in [5, 5.41) is 7.11. The number of rotatable bonds is 3. The number of anilines is 1. The third-order valence-corrected chi connectivity index (χ3v) is 8.11. The third kappa shape index (κ3) is 3.10. The van der Waals surface area contributed by atoms with Gasteiger partial charge in [0.1, 0.15) is 5.60 Å². The largest absolute Gasteiger partial charge is 0.441 e. The van der Waals surface area contributed by atoms with Crippen molar-refractivity contribution in [3.05, 3.63) is 5.82 Å². The molecule has 2 bridgehead atoms. The summed E-state index contributed by atoms with van der Waals surface area (Å²) in [6, 6.07) is 2.02. The highest BCUT2D eigenvalue weighted by molar-refractivity contribution is 5.71. The van der Waals surface area contributed by atoms with Crippen molar-refractivity contribution >= 4 is 12.1 Å². The van der Waals surface area contributed by atoms with E-state index in [0.29, 0.717) is 29.8 Å². The van der Waals surface area contributed by atoms with Crippen molar-refractivity contribution in [2.75, 3.05) is 24.5 Å². The molecule has 158 valence electrons. The number of piperidine rings is 1. The Kier molecular flexibility index (Phi) is 4.08. The van der Waals surface area contributed by atoms with E-state index in [1.54, 1.807) is 0 Å². The fraction of sp³-hybridized carbons (Fsp3) is 0.857. The first-order valence-corrected chi connectivity index (χ1v) is 11.4. The summed E-state index contributed by atoms with van der Waals surface area (Å²) in [4.78, 5) is 21.5. The number of nitrogens with zero attached hydrogens (tertiary/aromatic N) is 4. The summed E-state index contributed by atoms with van der Waals surface area (Å²) < 4.78 is 11.4. The predicted molar refractivity (Wildman–Crippen MR) is 106 cm³/mol. The molecule has 0 aromatic carbocycles. The number of hydrogen-bond acceptors (Lipinski definition) is 7. The van der Waals surface area contributed by atoms with Crippen LogP contribution in [-0.2, 0) is 4.74 Å². The number of fused-ring (bicyclic) bond motifs is 2. The topological polar surface area (TPSA) is 83.7 Å². The second-order valence-corrected chi connectivity index (χ2v) is 9.95. The highest BCUT2D eigenvalue weighted by Gasteiger charge is 2.56. The zero-order chi connectivity index (χ0) is 19.6. The maximum absolute atomic E-state index is 12.0. The molecule has 5 aliphatic rings. The van der Waals surface area contributed by atoms with Gasteiger partial charge in [-0.3, -0.25) is 0 Å². The van der Waals surface area contributed by atoms with Crippen molar-refractivity contribution < 1.29 is 14.1 Å². The molecule has 1 amide bonds. The second-order valence-electron chi connectivity index (χ2n) is 9.95. The molecule has 1 aromatic heterocycles. The van der Waals surface area contributed by atoms with Crippen molar-refractivity contribution in [3.63, 3.8) is 0 Å². The minimum absolute atomic E-state index is 0.201. The van der Waals surface area contributed by atoms with Gasteiger partial charge in [-0.2, -0.15) is 4.98 Å². The molecular formula is C21H31N5O3. The molecule has 6 rings (SSSR count). The summed E-state index contributed by atoms with van der Waals surface area (Å²) >= 11 is 0. The lowest BCUT2D eigenvalue weighted by molar-refractivity contribution is -0.0335. The minimum Gasteiger partial charge on any atom is -0.441 e. The summed E-state index contributed by atoms with van der Waals surface area (Å²) in [6.07, 6.45) is 9.13. The maximum Gasteiger partial charge on any atom is 0.408 e. The van der Waals surface area contributed by atoms with Crippen molar-refractivity contribution in [1.82, 2.24) is 20.4 Å². The Morgan fingerprint density at radius 3 is 2.66 bits per heavy atom. The average molecular weight is 402 g/mol. The number of ether oxygens (including phenoxy) is 1. The first-order valence-electron chi connectivity index (χ1n) is 11.4. The Hall–Kier alpha value is -1.83. The van der Waals surface area contributed by atoms with Crippen LogP contribution in [0.2, 0.25) is 0 Å². The van der Waals surface area contributed by atoms with Crippen LogP contribution in [0.15, 0.2) is 4.52 Å². The molecule has 8 nitrogen and oxygen atoms in total. The van der Waals surface area contributed by atoms with Gasteiger partial charge in [0.05, 0.1) is 6.04 Å². The predicted octanol–water partition coefficient (Wildman–Crippen LogP) is 2.48. The van der Waals surface area contributed by atoms with Gasteiger partial charge in [0.15, 0.2) is 5.82 Å². The van der Waals surface area contributed by atoms with E-state index in [1.165, 1.54) is 32.1 Å². The average Bonchev–Trinajstić information content (AvgIpc) is 3.27. The number of aromatic nitrogens is 2. The van der Waals surface area contributed by atoms with Crippen molar-refractivity contribution in [3.8, 4) is 0 Å². The monoisotopic (exact) mass is 401 g/mol. The zero-order valence-electron chi connectivity index (χ0n) is 17.2. The molecule has 1 aromatic rings. The van der Waals surface area contributed by atoms with Gasteiger partial charge in [0, 0.05) is 44.6 Å². The SMILES string of the molecule is Cc1noc(N2CC3CCC(N4CCC5(CC4)OC(=O)NC5C4CC4)CC2C3)n1. The van der Waals surface area contributed by atoms with Gasteiger partial charge in [-0.25, -0.2) is 4.79 Å². The molecule has 4 unspecified atom stereocenters. The van der Waals surface area contributed by atoms with Crippen LogP contribution < -0.4 is 10.2 Å². The number of aryl methyl sites for hydroxylation is 1. The van der Waals surface area contributed by atoms with Crippen LogP contribution in [0.25, 0.3) is 0 Å². The molecule has 1 N–H and O–H groups in total. The van der Waals surface area contributed by atoms with Crippen molar-refractivity contribution in [1.29, 1.82) is 0 Å². The lowest BCUT2D eigenvalue weighted by atomic mass is 9.81. The van der Waals surface area contributed by atoms with Crippen molar-refractivity contribution in [2.24, 2.45) is 11.8 Å². The maximum atomic E-state index is 12.0.